The molecule has 0 unspecified atom stereocenters. The van der Waals surface area contributed by atoms with Crippen LogP contribution in [-0.4, -0.2) is 0 Å². The topological polar surface area (TPSA) is 0 Å². The fourth-order valence-electron chi connectivity index (χ4n) is 2.39. The lowest BCUT2D eigenvalue weighted by molar-refractivity contribution is 0.809. The Morgan fingerprint density at radius 1 is 0.895 bits per heavy atom. The van der Waals surface area contributed by atoms with E-state index < -0.39 is 0 Å². The number of hydrogen-bond acceptors (Lipinski definition) is 0. The van der Waals surface area contributed by atoms with Crippen molar-refractivity contribution in [2.45, 2.75) is 18.8 Å². The quantitative estimate of drug-likeness (QED) is 0.628. The van der Waals surface area contributed by atoms with Gasteiger partial charge in [0.15, 0.2) is 0 Å². The Kier molecular flexibility index (Phi) is 4.35. The van der Waals surface area contributed by atoms with Gasteiger partial charge in [0.25, 0.3) is 0 Å². The van der Waals surface area contributed by atoms with Crippen LogP contribution in [0.1, 0.15) is 29.9 Å². The van der Waals surface area contributed by atoms with Crippen molar-refractivity contribution in [3.8, 4) is 0 Å². The Morgan fingerprint density at radius 2 is 1.37 bits per heavy atom. The summed E-state index contributed by atoms with van der Waals surface area (Å²) in [5.74, 6) is 0.529. The van der Waals surface area contributed by atoms with E-state index in [-0.39, 0.29) is 5.92 Å². The van der Waals surface area contributed by atoms with Crippen molar-refractivity contribution in [1.82, 2.24) is 0 Å². The van der Waals surface area contributed by atoms with Gasteiger partial charge in [-0.3, -0.25) is 0 Å². The Labute approximate surface area is 116 Å². The molecular formula is C19H20. The standard InChI is InChI=1S/C19H20/c1-4-19(18-13-9-6-10-14-18)16(3)15(2)17-11-7-5-8-12-17/h4-15,19H,1,3H2,2H3/t15-,19-/m1/s1. The highest BCUT2D eigenvalue weighted by Crippen LogP contribution is 2.34. The Morgan fingerprint density at radius 3 is 1.84 bits per heavy atom. The molecule has 0 bridgehead atoms. The number of hydrogen-bond donors (Lipinski definition) is 0. The molecule has 2 atom stereocenters. The van der Waals surface area contributed by atoms with E-state index >= 15 is 0 Å². The molecule has 0 fully saturated rings. The minimum atomic E-state index is 0.205. The van der Waals surface area contributed by atoms with E-state index in [2.05, 4.69) is 68.6 Å². The summed E-state index contributed by atoms with van der Waals surface area (Å²) in [6.07, 6.45) is 1.98. The molecule has 0 N–H and O–H groups in total. The fourth-order valence-corrected chi connectivity index (χ4v) is 2.39. The van der Waals surface area contributed by atoms with E-state index in [1.54, 1.807) is 0 Å². The first-order valence-corrected chi connectivity index (χ1v) is 6.65. The summed E-state index contributed by atoms with van der Waals surface area (Å²) < 4.78 is 0. The lowest BCUT2D eigenvalue weighted by atomic mass is 9.82. The van der Waals surface area contributed by atoms with Crippen LogP contribution >= 0.6 is 0 Å². The molecule has 0 saturated heterocycles. The van der Waals surface area contributed by atoms with Crippen LogP contribution in [0.2, 0.25) is 0 Å². The third-order valence-electron chi connectivity index (χ3n) is 3.65. The molecule has 0 radical (unpaired) electrons. The lowest BCUT2D eigenvalue weighted by Crippen LogP contribution is -2.06. The largest absolute Gasteiger partial charge is 0.102 e. The molecule has 0 amide bonds. The number of benzene rings is 2. The summed E-state index contributed by atoms with van der Waals surface area (Å²) >= 11 is 0. The van der Waals surface area contributed by atoms with Gasteiger partial charge >= 0.3 is 0 Å². The van der Waals surface area contributed by atoms with E-state index in [1.165, 1.54) is 16.7 Å². The molecule has 2 aromatic carbocycles. The molecule has 0 heteroatoms. The van der Waals surface area contributed by atoms with Crippen molar-refractivity contribution >= 4 is 0 Å². The summed E-state index contributed by atoms with van der Waals surface area (Å²) in [7, 11) is 0. The van der Waals surface area contributed by atoms with Gasteiger partial charge in [-0.2, -0.15) is 0 Å². The second kappa shape index (κ2) is 6.19. The van der Waals surface area contributed by atoms with Crippen molar-refractivity contribution in [2.75, 3.05) is 0 Å². The molecule has 96 valence electrons. The molecule has 0 saturated carbocycles. The van der Waals surface area contributed by atoms with Gasteiger partial charge in [0.05, 0.1) is 0 Å². The highest BCUT2D eigenvalue weighted by Gasteiger charge is 2.17. The maximum atomic E-state index is 4.31. The van der Waals surface area contributed by atoms with E-state index in [1.807, 2.05) is 18.2 Å². The van der Waals surface area contributed by atoms with Crippen LogP contribution in [0.5, 0.6) is 0 Å². The first-order chi connectivity index (χ1) is 9.24. The van der Waals surface area contributed by atoms with Crippen LogP contribution in [0.3, 0.4) is 0 Å². The molecule has 0 spiro atoms. The minimum Gasteiger partial charge on any atom is -0.102 e. The minimum absolute atomic E-state index is 0.205. The van der Waals surface area contributed by atoms with Crippen molar-refractivity contribution in [3.63, 3.8) is 0 Å². The predicted octanol–water partition coefficient (Wildman–Crippen LogP) is 5.32. The Balaban J connectivity index is 2.25. The van der Waals surface area contributed by atoms with Gasteiger partial charge in [-0.25, -0.2) is 0 Å². The van der Waals surface area contributed by atoms with Gasteiger partial charge in [-0.05, 0) is 11.1 Å². The zero-order chi connectivity index (χ0) is 13.7. The number of allylic oxidation sites excluding steroid dienone is 2. The zero-order valence-electron chi connectivity index (χ0n) is 11.4. The van der Waals surface area contributed by atoms with Crippen molar-refractivity contribution in [3.05, 3.63) is 96.6 Å². The van der Waals surface area contributed by atoms with Crippen LogP contribution in [0.25, 0.3) is 0 Å². The van der Waals surface area contributed by atoms with Crippen LogP contribution in [0, 0.1) is 0 Å². The molecule has 0 aliphatic carbocycles. The summed E-state index contributed by atoms with van der Waals surface area (Å²) in [6, 6.07) is 20.9. The number of rotatable bonds is 5. The van der Waals surface area contributed by atoms with Crippen molar-refractivity contribution in [1.29, 1.82) is 0 Å². The van der Waals surface area contributed by atoms with Gasteiger partial charge in [-0.1, -0.05) is 85.8 Å². The third kappa shape index (κ3) is 3.03. The monoisotopic (exact) mass is 248 g/mol. The summed E-state index contributed by atoms with van der Waals surface area (Å²) in [4.78, 5) is 0. The van der Waals surface area contributed by atoms with Crippen LogP contribution in [0.4, 0.5) is 0 Å². The normalized spacial score (nSPS) is 13.5. The molecule has 0 heterocycles. The van der Waals surface area contributed by atoms with E-state index in [0.717, 1.165) is 0 Å². The van der Waals surface area contributed by atoms with Gasteiger partial charge in [0.1, 0.15) is 0 Å². The predicted molar refractivity (Wildman–Crippen MR) is 83.4 cm³/mol. The SMILES string of the molecule is C=C[C@H](C(=C)[C@@H](C)c1ccccc1)c1ccccc1. The molecular weight excluding hydrogens is 228 g/mol. The second-order valence-electron chi connectivity index (χ2n) is 4.83. The maximum Gasteiger partial charge on any atom is 0.0229 e. The van der Waals surface area contributed by atoms with Gasteiger partial charge in [-0.15, -0.1) is 6.58 Å². The average molecular weight is 248 g/mol. The van der Waals surface area contributed by atoms with Crippen LogP contribution < -0.4 is 0 Å². The summed E-state index contributed by atoms with van der Waals surface area (Å²) in [5.41, 5.74) is 3.74. The molecule has 0 aliphatic heterocycles. The highest BCUT2D eigenvalue weighted by atomic mass is 14.2. The zero-order valence-corrected chi connectivity index (χ0v) is 11.4. The first-order valence-electron chi connectivity index (χ1n) is 6.65. The van der Waals surface area contributed by atoms with E-state index in [9.17, 15) is 0 Å². The van der Waals surface area contributed by atoms with Crippen LogP contribution in [-0.2, 0) is 0 Å². The van der Waals surface area contributed by atoms with Crippen molar-refractivity contribution < 1.29 is 0 Å². The molecule has 0 aromatic heterocycles. The molecule has 2 aromatic rings. The Bertz CT molecular complexity index is 537. The second-order valence-corrected chi connectivity index (χ2v) is 4.83. The van der Waals surface area contributed by atoms with E-state index in [0.29, 0.717) is 5.92 Å². The molecule has 0 nitrogen and oxygen atoms in total. The lowest BCUT2D eigenvalue weighted by Gasteiger charge is -2.22. The highest BCUT2D eigenvalue weighted by molar-refractivity contribution is 5.38. The third-order valence-corrected chi connectivity index (χ3v) is 3.65. The Hall–Kier alpha value is -2.08. The van der Waals surface area contributed by atoms with Gasteiger partial charge in [0, 0.05) is 11.8 Å². The van der Waals surface area contributed by atoms with Gasteiger partial charge in [0.2, 0.25) is 0 Å². The first kappa shape index (κ1) is 13.4. The molecule has 2 rings (SSSR count). The molecule has 0 aliphatic rings. The fraction of sp³-hybridized carbons (Fsp3) is 0.158. The average Bonchev–Trinajstić information content (AvgIpc) is 2.49. The van der Waals surface area contributed by atoms with Crippen molar-refractivity contribution in [2.24, 2.45) is 0 Å². The molecule has 19 heavy (non-hydrogen) atoms. The van der Waals surface area contributed by atoms with Crippen LogP contribution in [0.15, 0.2) is 85.5 Å². The summed E-state index contributed by atoms with van der Waals surface area (Å²) in [5, 5.41) is 0. The van der Waals surface area contributed by atoms with E-state index in [4.69, 9.17) is 0 Å². The maximum absolute atomic E-state index is 4.31. The smallest absolute Gasteiger partial charge is 0.0229 e. The summed E-state index contributed by atoms with van der Waals surface area (Å²) in [6.45, 7) is 10.5. The van der Waals surface area contributed by atoms with Gasteiger partial charge < -0.3 is 0 Å².